The fourth-order valence-corrected chi connectivity index (χ4v) is 1.55. The van der Waals surface area contributed by atoms with E-state index >= 15 is 0 Å². The highest BCUT2D eigenvalue weighted by atomic mass is 16.5. The van der Waals surface area contributed by atoms with Gasteiger partial charge in [-0.3, -0.25) is 4.79 Å². The van der Waals surface area contributed by atoms with Crippen LogP contribution in [0, 0.1) is 5.41 Å². The Hall–Kier alpha value is -2.24. The highest BCUT2D eigenvalue weighted by Gasteiger charge is 2.17. The van der Waals surface area contributed by atoms with Gasteiger partial charge in [0.05, 0.1) is 5.69 Å². The fourth-order valence-electron chi connectivity index (χ4n) is 1.55. The number of carbonyl (C=O) groups excluding carboxylic acids is 1. The van der Waals surface area contributed by atoms with Gasteiger partial charge in [0.15, 0.2) is 5.84 Å². The third-order valence-electron chi connectivity index (χ3n) is 2.36. The number of amides is 1. The average Bonchev–Trinajstić information content (AvgIpc) is 2.35. The zero-order valence-corrected chi connectivity index (χ0v) is 12.0. The third kappa shape index (κ3) is 5.60. The maximum atomic E-state index is 11.9. The van der Waals surface area contributed by atoms with Gasteiger partial charge in [0.2, 0.25) is 5.91 Å². The first-order valence-electron chi connectivity index (χ1n) is 6.30. The van der Waals surface area contributed by atoms with Crippen molar-refractivity contribution in [3.8, 4) is 5.75 Å². The van der Waals surface area contributed by atoms with Crippen LogP contribution in [0.15, 0.2) is 29.4 Å². The SMILES string of the molecule is CC(C)(C)CC(=O)Nc1ccccc1OC/C(N)=N/O. The second kappa shape index (κ2) is 6.79. The highest BCUT2D eigenvalue weighted by Crippen LogP contribution is 2.25. The fraction of sp³-hybridized carbons (Fsp3) is 0.429. The number of hydrogen-bond donors (Lipinski definition) is 3. The van der Waals surface area contributed by atoms with Crippen LogP contribution in [-0.4, -0.2) is 23.6 Å². The van der Waals surface area contributed by atoms with Gasteiger partial charge < -0.3 is 21.0 Å². The van der Waals surface area contributed by atoms with Gasteiger partial charge in [0.25, 0.3) is 0 Å². The number of hydrogen-bond acceptors (Lipinski definition) is 4. The minimum atomic E-state index is -0.0894. The Morgan fingerprint density at radius 1 is 1.40 bits per heavy atom. The number of nitrogens with zero attached hydrogens (tertiary/aromatic N) is 1. The summed E-state index contributed by atoms with van der Waals surface area (Å²) in [6.45, 7) is 5.93. The molecule has 0 heterocycles. The van der Waals surface area contributed by atoms with E-state index in [1.54, 1.807) is 24.3 Å². The number of anilines is 1. The van der Waals surface area contributed by atoms with Gasteiger partial charge in [-0.25, -0.2) is 0 Å². The van der Waals surface area contributed by atoms with Crippen molar-refractivity contribution in [3.63, 3.8) is 0 Å². The predicted octanol–water partition coefficient (Wildman–Crippen LogP) is 2.19. The molecular formula is C14H21N3O3. The van der Waals surface area contributed by atoms with Crippen molar-refractivity contribution in [2.24, 2.45) is 16.3 Å². The monoisotopic (exact) mass is 279 g/mol. The molecule has 1 aromatic rings. The van der Waals surface area contributed by atoms with E-state index in [-0.39, 0.29) is 23.8 Å². The van der Waals surface area contributed by atoms with Gasteiger partial charge in [-0.1, -0.05) is 38.1 Å². The smallest absolute Gasteiger partial charge is 0.224 e. The Morgan fingerprint density at radius 2 is 2.05 bits per heavy atom. The highest BCUT2D eigenvalue weighted by molar-refractivity contribution is 5.92. The van der Waals surface area contributed by atoms with Crippen molar-refractivity contribution < 1.29 is 14.7 Å². The minimum absolute atomic E-state index is 0.0409. The van der Waals surface area contributed by atoms with Crippen LogP contribution in [0.3, 0.4) is 0 Å². The van der Waals surface area contributed by atoms with E-state index in [0.29, 0.717) is 17.9 Å². The van der Waals surface area contributed by atoms with E-state index in [1.165, 1.54) is 0 Å². The minimum Gasteiger partial charge on any atom is -0.483 e. The number of oxime groups is 1. The number of nitrogens with one attached hydrogen (secondary N) is 1. The molecule has 20 heavy (non-hydrogen) atoms. The molecule has 0 fully saturated rings. The summed E-state index contributed by atoms with van der Waals surface area (Å²) in [5.74, 6) is 0.347. The lowest BCUT2D eigenvalue weighted by atomic mass is 9.92. The van der Waals surface area contributed by atoms with Gasteiger partial charge >= 0.3 is 0 Å². The van der Waals surface area contributed by atoms with Gasteiger partial charge in [0.1, 0.15) is 12.4 Å². The van der Waals surface area contributed by atoms with Crippen LogP contribution >= 0.6 is 0 Å². The summed E-state index contributed by atoms with van der Waals surface area (Å²) >= 11 is 0. The number of benzene rings is 1. The molecular weight excluding hydrogens is 258 g/mol. The molecule has 0 unspecified atom stereocenters. The van der Waals surface area contributed by atoms with Crippen molar-refractivity contribution in [3.05, 3.63) is 24.3 Å². The van der Waals surface area contributed by atoms with E-state index in [9.17, 15) is 4.79 Å². The van der Waals surface area contributed by atoms with Gasteiger partial charge in [0, 0.05) is 6.42 Å². The Bertz CT molecular complexity index is 493. The molecule has 0 saturated carbocycles. The maximum absolute atomic E-state index is 11.9. The first-order chi connectivity index (χ1) is 9.31. The molecule has 110 valence electrons. The van der Waals surface area contributed by atoms with Crippen LogP contribution in [-0.2, 0) is 4.79 Å². The molecule has 6 heteroatoms. The molecule has 0 spiro atoms. The molecule has 0 radical (unpaired) electrons. The molecule has 1 rings (SSSR count). The third-order valence-corrected chi connectivity index (χ3v) is 2.36. The molecule has 0 bridgehead atoms. The van der Waals surface area contributed by atoms with Crippen molar-refractivity contribution in [1.82, 2.24) is 0 Å². The van der Waals surface area contributed by atoms with Crippen LogP contribution in [0.4, 0.5) is 5.69 Å². The molecule has 0 aliphatic heterocycles. The predicted molar refractivity (Wildman–Crippen MR) is 78.0 cm³/mol. The molecule has 6 nitrogen and oxygen atoms in total. The Morgan fingerprint density at radius 3 is 2.65 bits per heavy atom. The molecule has 0 atom stereocenters. The number of carbonyl (C=O) groups is 1. The quantitative estimate of drug-likeness (QED) is 0.333. The molecule has 1 aromatic carbocycles. The van der Waals surface area contributed by atoms with E-state index < -0.39 is 0 Å². The molecule has 4 N–H and O–H groups in total. The molecule has 0 aliphatic rings. The normalized spacial score (nSPS) is 12.1. The van der Waals surface area contributed by atoms with Crippen molar-refractivity contribution in [2.75, 3.05) is 11.9 Å². The summed E-state index contributed by atoms with van der Waals surface area (Å²) in [5, 5.41) is 14.1. The Kier molecular flexibility index (Phi) is 5.37. The number of ether oxygens (including phenoxy) is 1. The second-order valence-electron chi connectivity index (χ2n) is 5.66. The first kappa shape index (κ1) is 15.8. The van der Waals surface area contributed by atoms with Crippen LogP contribution < -0.4 is 15.8 Å². The van der Waals surface area contributed by atoms with Crippen LogP contribution in [0.25, 0.3) is 0 Å². The Labute approximate surface area is 118 Å². The second-order valence-corrected chi connectivity index (χ2v) is 5.66. The number of nitrogens with two attached hydrogens (primary N) is 1. The largest absolute Gasteiger partial charge is 0.483 e. The molecule has 0 aromatic heterocycles. The molecule has 0 aliphatic carbocycles. The molecule has 1 amide bonds. The lowest BCUT2D eigenvalue weighted by Gasteiger charge is -2.18. The van der Waals surface area contributed by atoms with Crippen LogP contribution in [0.2, 0.25) is 0 Å². The summed E-state index contributed by atoms with van der Waals surface area (Å²) in [7, 11) is 0. The molecule has 0 saturated heterocycles. The summed E-state index contributed by atoms with van der Waals surface area (Å²) in [4.78, 5) is 11.9. The first-order valence-corrected chi connectivity index (χ1v) is 6.30. The summed E-state index contributed by atoms with van der Waals surface area (Å²) in [6, 6.07) is 7.02. The standard InChI is InChI=1S/C14H21N3O3/c1-14(2,3)8-13(18)16-10-6-4-5-7-11(10)20-9-12(15)17-19/h4-7,19H,8-9H2,1-3H3,(H2,15,17)(H,16,18). The van der Waals surface area contributed by atoms with Crippen LogP contribution in [0.1, 0.15) is 27.2 Å². The lowest BCUT2D eigenvalue weighted by Crippen LogP contribution is -2.22. The summed E-state index contributed by atoms with van der Waals surface area (Å²) in [6.07, 6.45) is 0.404. The van der Waals surface area contributed by atoms with Gasteiger partial charge in [-0.05, 0) is 17.5 Å². The summed E-state index contributed by atoms with van der Waals surface area (Å²) in [5.41, 5.74) is 5.82. The summed E-state index contributed by atoms with van der Waals surface area (Å²) < 4.78 is 5.39. The van der Waals surface area contributed by atoms with Crippen molar-refractivity contribution in [2.45, 2.75) is 27.2 Å². The number of amidine groups is 1. The van der Waals surface area contributed by atoms with Gasteiger partial charge in [-0.15, -0.1) is 0 Å². The van der Waals surface area contributed by atoms with E-state index in [1.807, 2.05) is 20.8 Å². The number of rotatable bonds is 5. The van der Waals surface area contributed by atoms with E-state index in [2.05, 4.69) is 10.5 Å². The van der Waals surface area contributed by atoms with Crippen molar-refractivity contribution >= 4 is 17.4 Å². The lowest BCUT2D eigenvalue weighted by molar-refractivity contribution is -0.117. The average molecular weight is 279 g/mol. The topological polar surface area (TPSA) is 96.9 Å². The Balaban J connectivity index is 2.73. The van der Waals surface area contributed by atoms with E-state index in [0.717, 1.165) is 0 Å². The van der Waals surface area contributed by atoms with E-state index in [4.69, 9.17) is 15.7 Å². The zero-order chi connectivity index (χ0) is 15.2. The maximum Gasteiger partial charge on any atom is 0.224 e. The number of para-hydroxylation sites is 2. The van der Waals surface area contributed by atoms with Gasteiger partial charge in [-0.2, -0.15) is 0 Å². The van der Waals surface area contributed by atoms with Crippen molar-refractivity contribution in [1.29, 1.82) is 0 Å². The zero-order valence-electron chi connectivity index (χ0n) is 12.0. The van der Waals surface area contributed by atoms with Crippen LogP contribution in [0.5, 0.6) is 5.75 Å².